The molecule has 3 rings (SSSR count). The van der Waals surface area contributed by atoms with Gasteiger partial charge in [-0.25, -0.2) is 0 Å². The van der Waals surface area contributed by atoms with Crippen LogP contribution in [0.2, 0.25) is 0 Å². The number of benzene rings is 1. The molecule has 0 amide bonds. The van der Waals surface area contributed by atoms with Gasteiger partial charge in [0, 0.05) is 30.6 Å². The molecule has 2 nitrogen and oxygen atoms in total. The van der Waals surface area contributed by atoms with E-state index in [-0.39, 0.29) is 24.8 Å². The van der Waals surface area contributed by atoms with Crippen LogP contribution >= 0.6 is 24.8 Å². The maximum absolute atomic E-state index is 4.90. The molecule has 0 atom stereocenters. The summed E-state index contributed by atoms with van der Waals surface area (Å²) in [6.45, 7) is 8.08. The summed E-state index contributed by atoms with van der Waals surface area (Å²) in [7, 11) is 0. The molecule has 1 aliphatic rings. The van der Waals surface area contributed by atoms with E-state index >= 15 is 0 Å². The number of hydrogen-bond donors (Lipinski definition) is 0. The van der Waals surface area contributed by atoms with Gasteiger partial charge in [0.15, 0.2) is 0 Å². The van der Waals surface area contributed by atoms with Crippen LogP contribution in [-0.4, -0.2) is 29.5 Å². The van der Waals surface area contributed by atoms with E-state index in [0.717, 1.165) is 24.9 Å². The summed E-state index contributed by atoms with van der Waals surface area (Å²) in [5.41, 5.74) is 5.42. The number of pyridine rings is 1. The molecule has 0 unspecified atom stereocenters. The molecule has 0 saturated carbocycles. The van der Waals surface area contributed by atoms with Crippen LogP contribution in [0.3, 0.4) is 0 Å². The minimum Gasteiger partial charge on any atom is -0.303 e. The summed E-state index contributed by atoms with van der Waals surface area (Å²) < 4.78 is 0. The Hall–Kier alpha value is -0.830. The SMILES string of the molecule is CCCN1CCc2nc3ccccc3c(C)c2CC1.Cl.Cl. The van der Waals surface area contributed by atoms with E-state index in [0.29, 0.717) is 0 Å². The summed E-state index contributed by atoms with van der Waals surface area (Å²) >= 11 is 0. The molecule has 0 saturated heterocycles. The average Bonchev–Trinajstić information content (AvgIpc) is 2.63. The standard InChI is InChI=1S/C17H22N2.2ClH/c1-3-10-19-11-8-15-13(2)14-6-4-5-7-16(14)18-17(15)9-12-19;;/h4-7H,3,8-12H2,1-2H3;2*1H. The van der Waals surface area contributed by atoms with Gasteiger partial charge < -0.3 is 4.90 Å². The average molecular weight is 327 g/mol. The number of aromatic nitrogens is 1. The Morgan fingerprint density at radius 3 is 2.57 bits per heavy atom. The van der Waals surface area contributed by atoms with Gasteiger partial charge >= 0.3 is 0 Å². The van der Waals surface area contributed by atoms with E-state index in [4.69, 9.17) is 4.98 Å². The highest BCUT2D eigenvalue weighted by atomic mass is 35.5. The molecule has 4 heteroatoms. The van der Waals surface area contributed by atoms with Gasteiger partial charge in [0.05, 0.1) is 5.52 Å². The number of rotatable bonds is 2. The highest BCUT2D eigenvalue weighted by Crippen LogP contribution is 2.25. The van der Waals surface area contributed by atoms with E-state index in [1.807, 2.05) is 0 Å². The van der Waals surface area contributed by atoms with Crippen molar-refractivity contribution in [3.63, 3.8) is 0 Å². The van der Waals surface area contributed by atoms with Crippen molar-refractivity contribution in [1.82, 2.24) is 9.88 Å². The van der Waals surface area contributed by atoms with Crippen molar-refractivity contribution in [2.45, 2.75) is 33.1 Å². The first-order chi connectivity index (χ1) is 9.29. The number of nitrogens with zero attached hydrogens (tertiary/aromatic N) is 2. The van der Waals surface area contributed by atoms with Crippen LogP contribution in [0, 0.1) is 6.92 Å². The van der Waals surface area contributed by atoms with Gasteiger partial charge in [-0.1, -0.05) is 25.1 Å². The Bertz CT molecular complexity index is 599. The number of aryl methyl sites for hydroxylation is 1. The van der Waals surface area contributed by atoms with Crippen LogP contribution in [0.25, 0.3) is 10.9 Å². The molecule has 1 aromatic carbocycles. The molecule has 0 radical (unpaired) electrons. The predicted octanol–water partition coefficient (Wildman–Crippen LogP) is 4.20. The van der Waals surface area contributed by atoms with E-state index < -0.39 is 0 Å². The van der Waals surface area contributed by atoms with Crippen LogP contribution < -0.4 is 0 Å². The summed E-state index contributed by atoms with van der Waals surface area (Å²) in [6.07, 6.45) is 3.49. The van der Waals surface area contributed by atoms with Gasteiger partial charge in [-0.05, 0) is 43.5 Å². The number of halogens is 2. The molecule has 2 heterocycles. The third kappa shape index (κ3) is 3.68. The second kappa shape index (κ2) is 7.98. The molecule has 2 aromatic rings. The van der Waals surface area contributed by atoms with Gasteiger partial charge in [0.25, 0.3) is 0 Å². The fourth-order valence-electron chi connectivity index (χ4n) is 3.20. The maximum atomic E-state index is 4.90. The Balaban J connectivity index is 0.00000110. The monoisotopic (exact) mass is 326 g/mol. The highest BCUT2D eigenvalue weighted by Gasteiger charge is 2.17. The fraction of sp³-hybridized carbons (Fsp3) is 0.471. The highest BCUT2D eigenvalue weighted by molar-refractivity contribution is 5.85. The molecule has 0 aliphatic carbocycles. The summed E-state index contributed by atoms with van der Waals surface area (Å²) in [6, 6.07) is 8.54. The molecule has 0 fully saturated rings. The van der Waals surface area contributed by atoms with Gasteiger partial charge in [0.2, 0.25) is 0 Å². The third-order valence-corrected chi connectivity index (χ3v) is 4.25. The number of fused-ring (bicyclic) bond motifs is 2. The Morgan fingerprint density at radius 1 is 1.10 bits per heavy atom. The van der Waals surface area contributed by atoms with E-state index in [1.165, 1.54) is 41.7 Å². The summed E-state index contributed by atoms with van der Waals surface area (Å²) in [5.74, 6) is 0. The lowest BCUT2D eigenvalue weighted by molar-refractivity contribution is 0.288. The van der Waals surface area contributed by atoms with Crippen molar-refractivity contribution in [1.29, 1.82) is 0 Å². The second-order valence-corrected chi connectivity index (χ2v) is 5.52. The minimum absolute atomic E-state index is 0. The lowest BCUT2D eigenvalue weighted by atomic mass is 9.99. The van der Waals surface area contributed by atoms with E-state index in [2.05, 4.69) is 43.0 Å². The van der Waals surface area contributed by atoms with Crippen LogP contribution in [0.5, 0.6) is 0 Å². The van der Waals surface area contributed by atoms with Crippen LogP contribution in [0.1, 0.15) is 30.2 Å². The van der Waals surface area contributed by atoms with Crippen molar-refractivity contribution in [2.24, 2.45) is 0 Å². The largest absolute Gasteiger partial charge is 0.303 e. The van der Waals surface area contributed by atoms with E-state index in [9.17, 15) is 0 Å². The first-order valence-electron chi connectivity index (χ1n) is 7.39. The lowest BCUT2D eigenvalue weighted by Gasteiger charge is -2.18. The van der Waals surface area contributed by atoms with Gasteiger partial charge in [-0.2, -0.15) is 0 Å². The summed E-state index contributed by atoms with van der Waals surface area (Å²) in [4.78, 5) is 7.48. The van der Waals surface area contributed by atoms with Crippen LogP contribution in [0.15, 0.2) is 24.3 Å². The van der Waals surface area contributed by atoms with Crippen LogP contribution in [-0.2, 0) is 12.8 Å². The lowest BCUT2D eigenvalue weighted by Crippen LogP contribution is -2.27. The molecule has 21 heavy (non-hydrogen) atoms. The first kappa shape index (κ1) is 18.2. The van der Waals surface area contributed by atoms with Crippen LogP contribution in [0.4, 0.5) is 0 Å². The zero-order valence-corrected chi connectivity index (χ0v) is 14.4. The molecule has 1 aromatic heterocycles. The third-order valence-electron chi connectivity index (χ3n) is 4.25. The molecular formula is C17H24Cl2N2. The smallest absolute Gasteiger partial charge is 0.0708 e. The number of hydrogen-bond acceptors (Lipinski definition) is 2. The summed E-state index contributed by atoms with van der Waals surface area (Å²) in [5, 5.41) is 1.32. The Morgan fingerprint density at radius 2 is 1.81 bits per heavy atom. The molecule has 1 aliphatic heterocycles. The van der Waals surface area contributed by atoms with Gasteiger partial charge in [-0.3, -0.25) is 4.98 Å². The maximum Gasteiger partial charge on any atom is 0.0708 e. The minimum atomic E-state index is 0. The van der Waals surface area contributed by atoms with Gasteiger partial charge in [0.1, 0.15) is 0 Å². The number of para-hydroxylation sites is 1. The van der Waals surface area contributed by atoms with Crippen molar-refractivity contribution < 1.29 is 0 Å². The van der Waals surface area contributed by atoms with E-state index in [1.54, 1.807) is 0 Å². The molecule has 0 bridgehead atoms. The zero-order chi connectivity index (χ0) is 13.2. The quantitative estimate of drug-likeness (QED) is 0.822. The predicted molar refractivity (Wildman–Crippen MR) is 95.1 cm³/mol. The fourth-order valence-corrected chi connectivity index (χ4v) is 3.20. The van der Waals surface area contributed by atoms with Crippen molar-refractivity contribution in [3.8, 4) is 0 Å². The van der Waals surface area contributed by atoms with Crippen molar-refractivity contribution in [3.05, 3.63) is 41.1 Å². The van der Waals surface area contributed by atoms with Gasteiger partial charge in [-0.15, -0.1) is 24.8 Å². The second-order valence-electron chi connectivity index (χ2n) is 5.52. The topological polar surface area (TPSA) is 16.1 Å². The van der Waals surface area contributed by atoms with Crippen molar-refractivity contribution in [2.75, 3.05) is 19.6 Å². The Labute approximate surface area is 139 Å². The first-order valence-corrected chi connectivity index (χ1v) is 7.39. The molecule has 0 spiro atoms. The Kier molecular flexibility index (Phi) is 6.92. The normalized spacial score (nSPS) is 14.8. The molecule has 116 valence electrons. The zero-order valence-electron chi connectivity index (χ0n) is 12.8. The molecular weight excluding hydrogens is 303 g/mol. The van der Waals surface area contributed by atoms with Crippen molar-refractivity contribution >= 4 is 35.7 Å². The molecule has 0 N–H and O–H groups in total.